The number of nitriles is 1. The highest BCUT2D eigenvalue weighted by Gasteiger charge is 2.24. The number of rotatable bonds is 1. The van der Waals surface area contributed by atoms with Gasteiger partial charge in [0.15, 0.2) is 0 Å². The molecule has 0 spiro atoms. The summed E-state index contributed by atoms with van der Waals surface area (Å²) in [4.78, 5) is 2.07. The molecule has 1 aromatic rings. The molecule has 14 heavy (non-hydrogen) atoms. The van der Waals surface area contributed by atoms with Crippen LogP contribution in [0.4, 0.5) is 11.4 Å². The summed E-state index contributed by atoms with van der Waals surface area (Å²) in [5.74, 6) is 0. The lowest BCUT2D eigenvalue weighted by molar-refractivity contribution is 0.774. The van der Waals surface area contributed by atoms with Crippen LogP contribution in [0.1, 0.15) is 12.5 Å². The fourth-order valence-electron chi connectivity index (χ4n) is 1.81. The summed E-state index contributed by atoms with van der Waals surface area (Å²) in [5.41, 5.74) is 3.49. The van der Waals surface area contributed by atoms with Crippen molar-refractivity contribution in [2.45, 2.75) is 20.0 Å². The summed E-state index contributed by atoms with van der Waals surface area (Å²) in [6.45, 7) is 4.56. The Kier molecular flexibility index (Phi) is 2.05. The molecule has 2 rings (SSSR count). The van der Waals surface area contributed by atoms with E-state index in [4.69, 9.17) is 5.26 Å². The van der Waals surface area contributed by atoms with E-state index in [1.165, 1.54) is 5.56 Å². The van der Waals surface area contributed by atoms with Crippen molar-refractivity contribution in [3.05, 3.63) is 23.8 Å². The first kappa shape index (κ1) is 8.89. The van der Waals surface area contributed by atoms with Gasteiger partial charge in [0.2, 0.25) is 0 Å². The van der Waals surface area contributed by atoms with Crippen LogP contribution in [0.3, 0.4) is 0 Å². The first-order valence-electron chi connectivity index (χ1n) is 4.73. The molecular formula is C11H13N3. The van der Waals surface area contributed by atoms with Crippen molar-refractivity contribution in [1.29, 1.82) is 5.26 Å². The molecule has 0 aromatic heterocycles. The van der Waals surface area contributed by atoms with Crippen molar-refractivity contribution in [2.75, 3.05) is 16.8 Å². The highest BCUT2D eigenvalue weighted by atomic mass is 15.3. The van der Waals surface area contributed by atoms with Gasteiger partial charge in [-0.15, -0.1) is 0 Å². The molecule has 0 saturated heterocycles. The molecule has 72 valence electrons. The van der Waals surface area contributed by atoms with E-state index in [2.05, 4.69) is 48.3 Å². The van der Waals surface area contributed by atoms with Gasteiger partial charge in [-0.3, -0.25) is 0 Å². The Morgan fingerprint density at radius 3 is 3.07 bits per heavy atom. The van der Waals surface area contributed by atoms with Crippen LogP contribution in [-0.2, 0) is 0 Å². The van der Waals surface area contributed by atoms with Crippen LogP contribution in [-0.4, -0.2) is 12.7 Å². The first-order valence-corrected chi connectivity index (χ1v) is 4.73. The molecule has 0 aliphatic carbocycles. The molecule has 3 nitrogen and oxygen atoms in total. The van der Waals surface area contributed by atoms with Crippen LogP contribution in [0.25, 0.3) is 0 Å². The second-order valence-corrected chi connectivity index (χ2v) is 3.63. The third-order valence-electron chi connectivity index (χ3n) is 2.54. The molecule has 0 radical (unpaired) electrons. The van der Waals surface area contributed by atoms with Gasteiger partial charge < -0.3 is 10.2 Å². The summed E-state index contributed by atoms with van der Waals surface area (Å²) >= 11 is 0. The SMILES string of the molecule is Cc1ccc2c(c1)N(CC#N)C(C)N2. The Morgan fingerprint density at radius 1 is 1.57 bits per heavy atom. The molecule has 1 unspecified atom stereocenters. The minimum Gasteiger partial charge on any atom is -0.364 e. The monoisotopic (exact) mass is 187 g/mol. The molecule has 1 aromatic carbocycles. The van der Waals surface area contributed by atoms with Gasteiger partial charge in [-0.25, -0.2) is 0 Å². The van der Waals surface area contributed by atoms with Gasteiger partial charge in [0.1, 0.15) is 6.54 Å². The van der Waals surface area contributed by atoms with E-state index >= 15 is 0 Å². The Morgan fingerprint density at radius 2 is 2.36 bits per heavy atom. The highest BCUT2D eigenvalue weighted by Crippen LogP contribution is 2.34. The molecule has 0 bridgehead atoms. The van der Waals surface area contributed by atoms with Crippen LogP contribution in [0.15, 0.2) is 18.2 Å². The van der Waals surface area contributed by atoms with E-state index in [0.717, 1.165) is 11.4 Å². The smallest absolute Gasteiger partial charge is 0.107 e. The van der Waals surface area contributed by atoms with E-state index in [9.17, 15) is 0 Å². The molecule has 1 heterocycles. The molecule has 1 aliphatic rings. The summed E-state index contributed by atoms with van der Waals surface area (Å²) in [7, 11) is 0. The number of fused-ring (bicyclic) bond motifs is 1. The lowest BCUT2D eigenvalue weighted by atomic mass is 10.2. The normalized spacial score (nSPS) is 18.6. The van der Waals surface area contributed by atoms with E-state index in [1.807, 2.05) is 0 Å². The van der Waals surface area contributed by atoms with Crippen molar-refractivity contribution in [2.24, 2.45) is 0 Å². The topological polar surface area (TPSA) is 39.1 Å². The van der Waals surface area contributed by atoms with Gasteiger partial charge in [0, 0.05) is 0 Å². The van der Waals surface area contributed by atoms with Crippen molar-refractivity contribution in [3.8, 4) is 6.07 Å². The molecule has 0 amide bonds. The average molecular weight is 187 g/mol. The van der Waals surface area contributed by atoms with Crippen LogP contribution in [0.5, 0.6) is 0 Å². The third kappa shape index (κ3) is 1.29. The number of nitrogens with one attached hydrogen (secondary N) is 1. The Labute approximate surface area is 84.0 Å². The second-order valence-electron chi connectivity index (χ2n) is 3.63. The molecule has 1 aliphatic heterocycles. The fourth-order valence-corrected chi connectivity index (χ4v) is 1.81. The van der Waals surface area contributed by atoms with Crippen molar-refractivity contribution in [1.82, 2.24) is 0 Å². The van der Waals surface area contributed by atoms with Gasteiger partial charge in [0.25, 0.3) is 0 Å². The summed E-state index contributed by atoms with van der Waals surface area (Å²) in [5, 5.41) is 12.1. The number of nitrogens with zero attached hydrogens (tertiary/aromatic N) is 2. The standard InChI is InChI=1S/C11H13N3/c1-8-3-4-10-11(7-8)14(6-5-12)9(2)13-10/h3-4,7,9,13H,6H2,1-2H3. The Bertz CT molecular complexity index is 392. The average Bonchev–Trinajstić information content (AvgIpc) is 2.45. The highest BCUT2D eigenvalue weighted by molar-refractivity contribution is 5.76. The number of benzene rings is 1. The minimum absolute atomic E-state index is 0.214. The quantitative estimate of drug-likeness (QED) is 0.684. The van der Waals surface area contributed by atoms with Crippen molar-refractivity contribution >= 4 is 11.4 Å². The Balaban J connectivity index is 2.40. The zero-order chi connectivity index (χ0) is 10.1. The molecule has 0 fully saturated rings. The summed E-state index contributed by atoms with van der Waals surface area (Å²) in [6.07, 6.45) is 0.214. The van der Waals surface area contributed by atoms with Crippen molar-refractivity contribution in [3.63, 3.8) is 0 Å². The van der Waals surface area contributed by atoms with E-state index < -0.39 is 0 Å². The molecule has 1 atom stereocenters. The second kappa shape index (κ2) is 3.22. The lowest BCUT2D eigenvalue weighted by Gasteiger charge is -2.20. The molecule has 0 saturated carbocycles. The maximum absolute atomic E-state index is 8.72. The number of anilines is 2. The maximum Gasteiger partial charge on any atom is 0.107 e. The number of hydrogen-bond acceptors (Lipinski definition) is 3. The molecule has 1 N–H and O–H groups in total. The number of aryl methyl sites for hydroxylation is 1. The predicted molar refractivity (Wildman–Crippen MR) is 57.2 cm³/mol. The zero-order valence-corrected chi connectivity index (χ0v) is 8.41. The first-order chi connectivity index (χ1) is 6.72. The van der Waals surface area contributed by atoms with Gasteiger partial charge in [-0.2, -0.15) is 5.26 Å². The van der Waals surface area contributed by atoms with Crippen LogP contribution < -0.4 is 10.2 Å². The summed E-state index contributed by atoms with van der Waals surface area (Å²) < 4.78 is 0. The lowest BCUT2D eigenvalue weighted by Crippen LogP contribution is -2.32. The van der Waals surface area contributed by atoms with Crippen LogP contribution in [0, 0.1) is 18.3 Å². The number of hydrogen-bond donors (Lipinski definition) is 1. The summed E-state index contributed by atoms with van der Waals surface area (Å²) in [6, 6.07) is 8.45. The van der Waals surface area contributed by atoms with Gasteiger partial charge in [-0.1, -0.05) is 6.07 Å². The minimum atomic E-state index is 0.214. The Hall–Kier alpha value is -1.69. The van der Waals surface area contributed by atoms with E-state index in [-0.39, 0.29) is 6.17 Å². The van der Waals surface area contributed by atoms with E-state index in [1.54, 1.807) is 0 Å². The van der Waals surface area contributed by atoms with Crippen molar-refractivity contribution < 1.29 is 0 Å². The fraction of sp³-hybridized carbons (Fsp3) is 0.364. The van der Waals surface area contributed by atoms with Gasteiger partial charge >= 0.3 is 0 Å². The third-order valence-corrected chi connectivity index (χ3v) is 2.54. The largest absolute Gasteiger partial charge is 0.364 e. The molecule has 3 heteroatoms. The van der Waals surface area contributed by atoms with Gasteiger partial charge in [0.05, 0.1) is 23.6 Å². The maximum atomic E-state index is 8.72. The van der Waals surface area contributed by atoms with E-state index in [0.29, 0.717) is 6.54 Å². The van der Waals surface area contributed by atoms with Crippen LogP contribution in [0.2, 0.25) is 0 Å². The zero-order valence-electron chi connectivity index (χ0n) is 8.41. The molecular weight excluding hydrogens is 174 g/mol. The predicted octanol–water partition coefficient (Wildman–Crippen LogP) is 2.10. The van der Waals surface area contributed by atoms with Gasteiger partial charge in [-0.05, 0) is 31.5 Å². The van der Waals surface area contributed by atoms with Crippen LogP contribution >= 0.6 is 0 Å².